The van der Waals surface area contributed by atoms with Gasteiger partial charge in [-0.2, -0.15) is 0 Å². The molecule has 0 radical (unpaired) electrons. The quantitative estimate of drug-likeness (QED) is 0.732. The molecule has 1 N–H and O–H groups in total. The van der Waals surface area contributed by atoms with Crippen LogP contribution in [0.3, 0.4) is 0 Å². The first-order valence-electron chi connectivity index (χ1n) is 9.75. The fraction of sp³-hybridized carbons (Fsp3) is 0.632. The van der Waals surface area contributed by atoms with Gasteiger partial charge in [0.25, 0.3) is 0 Å². The molecule has 0 unspecified atom stereocenters. The number of amides is 1. The molecule has 1 aromatic carbocycles. The third-order valence-electron chi connectivity index (χ3n) is 5.75. The number of hydrogen-bond donors (Lipinski definition) is 1. The smallest absolute Gasteiger partial charge is 0.240 e. The minimum Gasteiger partial charge on any atom is -0.379 e. The highest BCUT2D eigenvalue weighted by Crippen LogP contribution is 2.43. The number of benzene rings is 1. The monoisotopic (exact) mass is 393 g/mol. The van der Waals surface area contributed by atoms with Gasteiger partial charge in [-0.15, -0.1) is 0 Å². The number of nitrogens with zero attached hydrogens (tertiary/aromatic N) is 2. The van der Waals surface area contributed by atoms with Crippen LogP contribution in [-0.2, 0) is 26.0 Å². The molecular formula is C19H27N3O4S. The summed E-state index contributed by atoms with van der Waals surface area (Å²) >= 11 is 0. The second kappa shape index (κ2) is 7.50. The minimum absolute atomic E-state index is 0.0824. The maximum atomic E-state index is 12.8. The normalized spacial score (nSPS) is 22.9. The van der Waals surface area contributed by atoms with Crippen molar-refractivity contribution in [2.45, 2.75) is 37.0 Å². The SMILES string of the molecule is C[C@@H]1C(=O)N2CCCc3cc(S(=O)(=O)NCCCN4CCOCC4)cc1c32. The van der Waals surface area contributed by atoms with E-state index in [1.54, 1.807) is 12.1 Å². The molecule has 1 amide bonds. The summed E-state index contributed by atoms with van der Waals surface area (Å²) in [4.78, 5) is 16.8. The van der Waals surface area contributed by atoms with Crippen LogP contribution in [0.25, 0.3) is 0 Å². The Morgan fingerprint density at radius 3 is 2.78 bits per heavy atom. The average molecular weight is 394 g/mol. The van der Waals surface area contributed by atoms with Crippen LogP contribution in [0.2, 0.25) is 0 Å². The number of nitrogens with one attached hydrogen (secondary N) is 1. The molecular weight excluding hydrogens is 366 g/mol. The molecule has 7 nitrogen and oxygen atoms in total. The predicted octanol–water partition coefficient (Wildman–Crippen LogP) is 1.08. The van der Waals surface area contributed by atoms with E-state index in [2.05, 4.69) is 9.62 Å². The van der Waals surface area contributed by atoms with Gasteiger partial charge in [0, 0.05) is 26.2 Å². The lowest BCUT2D eigenvalue weighted by Crippen LogP contribution is -2.38. The summed E-state index contributed by atoms with van der Waals surface area (Å²) in [6.07, 6.45) is 2.46. The van der Waals surface area contributed by atoms with Gasteiger partial charge in [0.15, 0.2) is 0 Å². The molecule has 3 aliphatic rings. The van der Waals surface area contributed by atoms with Gasteiger partial charge in [0.1, 0.15) is 0 Å². The van der Waals surface area contributed by atoms with Crippen molar-refractivity contribution in [2.24, 2.45) is 0 Å². The summed E-state index contributed by atoms with van der Waals surface area (Å²) in [5.41, 5.74) is 2.78. The largest absolute Gasteiger partial charge is 0.379 e. The molecule has 1 aromatic rings. The van der Waals surface area contributed by atoms with E-state index < -0.39 is 10.0 Å². The molecule has 0 spiro atoms. The van der Waals surface area contributed by atoms with Gasteiger partial charge < -0.3 is 9.64 Å². The van der Waals surface area contributed by atoms with Crippen molar-refractivity contribution in [2.75, 3.05) is 50.8 Å². The third kappa shape index (κ3) is 3.63. The molecule has 0 bridgehead atoms. The number of aryl methyl sites for hydroxylation is 1. The van der Waals surface area contributed by atoms with E-state index in [0.29, 0.717) is 6.54 Å². The Balaban J connectivity index is 1.45. The standard InChI is InChI=1S/C19H27N3O4S/c1-14-17-13-16(12-15-4-2-7-22(18(15)17)19(14)23)27(24,25)20-5-3-6-21-8-10-26-11-9-21/h12-14,20H,2-11H2,1H3/t14-/m0/s1. The topological polar surface area (TPSA) is 79.0 Å². The highest BCUT2D eigenvalue weighted by atomic mass is 32.2. The summed E-state index contributed by atoms with van der Waals surface area (Å²) in [6.45, 7) is 7.17. The fourth-order valence-corrected chi connectivity index (χ4v) is 5.40. The molecule has 8 heteroatoms. The van der Waals surface area contributed by atoms with Crippen molar-refractivity contribution in [3.05, 3.63) is 23.3 Å². The number of morpholine rings is 1. The van der Waals surface area contributed by atoms with E-state index in [0.717, 1.165) is 75.5 Å². The van der Waals surface area contributed by atoms with Gasteiger partial charge in [-0.1, -0.05) is 0 Å². The number of hydrogen-bond acceptors (Lipinski definition) is 5. The van der Waals surface area contributed by atoms with E-state index in [-0.39, 0.29) is 16.7 Å². The van der Waals surface area contributed by atoms with E-state index in [4.69, 9.17) is 4.74 Å². The summed E-state index contributed by atoms with van der Waals surface area (Å²) in [5, 5.41) is 0. The molecule has 4 rings (SSSR count). The molecule has 1 fully saturated rings. The molecule has 3 aliphatic heterocycles. The summed E-state index contributed by atoms with van der Waals surface area (Å²) in [7, 11) is -3.57. The predicted molar refractivity (Wildman–Crippen MR) is 103 cm³/mol. The zero-order valence-corrected chi connectivity index (χ0v) is 16.6. The van der Waals surface area contributed by atoms with Crippen molar-refractivity contribution in [1.82, 2.24) is 9.62 Å². The van der Waals surface area contributed by atoms with Gasteiger partial charge in [0.2, 0.25) is 15.9 Å². The first-order valence-corrected chi connectivity index (χ1v) is 11.2. The first kappa shape index (κ1) is 18.9. The van der Waals surface area contributed by atoms with Gasteiger partial charge in [0.05, 0.1) is 29.7 Å². The first-order chi connectivity index (χ1) is 13.0. The second-order valence-electron chi connectivity index (χ2n) is 7.54. The van der Waals surface area contributed by atoms with Gasteiger partial charge in [-0.05, 0) is 56.0 Å². The average Bonchev–Trinajstić information content (AvgIpc) is 2.93. The van der Waals surface area contributed by atoms with Crippen molar-refractivity contribution >= 4 is 21.6 Å². The van der Waals surface area contributed by atoms with Crippen LogP contribution in [0.15, 0.2) is 17.0 Å². The lowest BCUT2D eigenvalue weighted by molar-refractivity contribution is -0.119. The number of carbonyl (C=O) groups is 1. The number of anilines is 1. The van der Waals surface area contributed by atoms with Crippen molar-refractivity contribution < 1.29 is 17.9 Å². The minimum atomic E-state index is -3.57. The summed E-state index contributed by atoms with van der Waals surface area (Å²) < 4.78 is 33.6. The maximum Gasteiger partial charge on any atom is 0.240 e. The van der Waals surface area contributed by atoms with Crippen molar-refractivity contribution in [3.63, 3.8) is 0 Å². The lowest BCUT2D eigenvalue weighted by atomic mass is 9.97. The molecule has 1 atom stereocenters. The maximum absolute atomic E-state index is 12.8. The van der Waals surface area contributed by atoms with Crippen LogP contribution in [0.1, 0.15) is 36.8 Å². The van der Waals surface area contributed by atoms with E-state index in [9.17, 15) is 13.2 Å². The molecule has 0 aliphatic carbocycles. The number of rotatable bonds is 6. The highest BCUT2D eigenvalue weighted by molar-refractivity contribution is 7.89. The highest BCUT2D eigenvalue weighted by Gasteiger charge is 2.38. The second-order valence-corrected chi connectivity index (χ2v) is 9.31. The van der Waals surface area contributed by atoms with Crippen LogP contribution in [-0.4, -0.2) is 65.2 Å². The molecule has 148 valence electrons. The van der Waals surface area contributed by atoms with E-state index in [1.807, 2.05) is 11.8 Å². The Bertz CT molecular complexity index is 834. The van der Waals surface area contributed by atoms with Crippen LogP contribution >= 0.6 is 0 Å². The molecule has 3 heterocycles. The Morgan fingerprint density at radius 1 is 1.22 bits per heavy atom. The van der Waals surface area contributed by atoms with Crippen molar-refractivity contribution in [1.29, 1.82) is 0 Å². The van der Waals surface area contributed by atoms with E-state index >= 15 is 0 Å². The Labute approximate surface area is 160 Å². The third-order valence-corrected chi connectivity index (χ3v) is 7.19. The summed E-state index contributed by atoms with van der Waals surface area (Å²) in [5.74, 6) is -0.188. The Kier molecular flexibility index (Phi) is 5.24. The molecule has 27 heavy (non-hydrogen) atoms. The molecule has 0 saturated carbocycles. The van der Waals surface area contributed by atoms with Crippen LogP contribution in [0.5, 0.6) is 0 Å². The zero-order valence-electron chi connectivity index (χ0n) is 15.7. The molecule has 0 aromatic heterocycles. The Morgan fingerprint density at radius 2 is 2.00 bits per heavy atom. The molecule has 1 saturated heterocycles. The zero-order chi connectivity index (χ0) is 19.0. The van der Waals surface area contributed by atoms with Gasteiger partial charge in [-0.3, -0.25) is 9.69 Å². The fourth-order valence-electron chi connectivity index (χ4n) is 4.24. The number of sulfonamides is 1. The van der Waals surface area contributed by atoms with Gasteiger partial charge in [-0.25, -0.2) is 13.1 Å². The van der Waals surface area contributed by atoms with Crippen LogP contribution in [0, 0.1) is 0 Å². The number of ether oxygens (including phenoxy) is 1. The summed E-state index contributed by atoms with van der Waals surface area (Å²) in [6, 6.07) is 3.44. The van der Waals surface area contributed by atoms with E-state index in [1.165, 1.54) is 0 Å². The van der Waals surface area contributed by atoms with Crippen molar-refractivity contribution in [3.8, 4) is 0 Å². The van der Waals surface area contributed by atoms with Gasteiger partial charge >= 0.3 is 0 Å². The van der Waals surface area contributed by atoms with Crippen LogP contribution < -0.4 is 9.62 Å². The lowest BCUT2D eigenvalue weighted by Gasteiger charge is -2.26. The Hall–Kier alpha value is -1.48. The van der Waals surface area contributed by atoms with Crippen LogP contribution in [0.4, 0.5) is 5.69 Å². The number of carbonyl (C=O) groups excluding carboxylic acids is 1.